The third kappa shape index (κ3) is 3.49. The lowest BCUT2D eigenvalue weighted by atomic mass is 10.2. The van der Waals surface area contributed by atoms with Crippen molar-refractivity contribution in [1.29, 1.82) is 0 Å². The highest BCUT2D eigenvalue weighted by Gasteiger charge is 2.36. The highest BCUT2D eigenvalue weighted by Crippen LogP contribution is 2.23. The normalized spacial score (nSPS) is 19.3. The van der Waals surface area contributed by atoms with Gasteiger partial charge in [0.05, 0.1) is 0 Å². The summed E-state index contributed by atoms with van der Waals surface area (Å²) >= 11 is 1.57. The van der Waals surface area contributed by atoms with E-state index in [-0.39, 0.29) is 11.7 Å². The quantitative estimate of drug-likeness (QED) is 0.890. The predicted octanol–water partition coefficient (Wildman–Crippen LogP) is 1.07. The first-order chi connectivity index (χ1) is 9.99. The van der Waals surface area contributed by atoms with Crippen molar-refractivity contribution >= 4 is 33.3 Å². The molecule has 1 N–H and O–H groups in total. The maximum absolute atomic E-state index is 12.6. The van der Waals surface area contributed by atoms with Crippen LogP contribution in [0.3, 0.4) is 0 Å². The zero-order valence-corrected chi connectivity index (χ0v) is 13.7. The number of carbonyl (C=O) groups excluding carboxylic acids is 1. The minimum atomic E-state index is -3.29. The molecule has 0 radical (unpaired) electrons. The van der Waals surface area contributed by atoms with E-state index in [2.05, 4.69) is 10.3 Å². The fraction of sp³-hybridized carbons (Fsp3) is 0.538. The van der Waals surface area contributed by atoms with Gasteiger partial charge >= 0.3 is 0 Å². The van der Waals surface area contributed by atoms with E-state index >= 15 is 0 Å². The summed E-state index contributed by atoms with van der Waals surface area (Å²) < 4.78 is 24.4. The molecule has 2 heterocycles. The molecular formula is C13H19N3O3S2. The fourth-order valence-corrected chi connectivity index (χ4v) is 5.14. The van der Waals surface area contributed by atoms with Crippen LogP contribution in [-0.4, -0.2) is 60.4 Å². The smallest absolute Gasteiger partial charge is 0.255 e. The Morgan fingerprint density at radius 1 is 1.57 bits per heavy atom. The van der Waals surface area contributed by atoms with Gasteiger partial charge in [0.25, 0.3) is 5.91 Å². The molecule has 0 aliphatic carbocycles. The minimum Gasteiger partial charge on any atom is -0.373 e. The van der Waals surface area contributed by atoms with Crippen LogP contribution in [0.5, 0.6) is 0 Å². The van der Waals surface area contributed by atoms with Crippen LogP contribution in [0, 0.1) is 0 Å². The minimum absolute atomic E-state index is 0.0418. The molecule has 1 fully saturated rings. The number of sulfone groups is 1. The molecule has 1 aliphatic rings. The van der Waals surface area contributed by atoms with Crippen LogP contribution < -0.4 is 5.32 Å². The number of pyridine rings is 1. The topological polar surface area (TPSA) is 79.4 Å². The second-order valence-corrected chi connectivity index (χ2v) is 8.26. The van der Waals surface area contributed by atoms with Crippen molar-refractivity contribution in [2.75, 3.05) is 36.2 Å². The summed E-state index contributed by atoms with van der Waals surface area (Å²) in [6.07, 6.45) is 1.54. The number of anilines is 1. The van der Waals surface area contributed by atoms with E-state index in [4.69, 9.17) is 0 Å². The third-order valence-corrected chi connectivity index (χ3v) is 6.71. The zero-order valence-electron chi connectivity index (χ0n) is 12.1. The Kier molecular flexibility index (Phi) is 5.10. The van der Waals surface area contributed by atoms with E-state index in [1.54, 1.807) is 44.1 Å². The molecule has 1 aliphatic heterocycles. The average Bonchev–Trinajstić information content (AvgIpc) is 2.54. The summed E-state index contributed by atoms with van der Waals surface area (Å²) in [5, 5.41) is 2.14. The van der Waals surface area contributed by atoms with Crippen molar-refractivity contribution in [2.45, 2.75) is 12.3 Å². The molecule has 2 rings (SSSR count). The van der Waals surface area contributed by atoms with Gasteiger partial charge in [-0.2, -0.15) is 11.8 Å². The standard InChI is InChI=1S/C13H19N3O3S2/c1-3-21(18,19)12-9-20-7-6-16(12)13(17)10-4-5-15-11(8-10)14-2/h4-5,8,12H,3,6-7,9H2,1-2H3,(H,14,15). The first kappa shape index (κ1) is 16.1. The number of aromatic nitrogens is 1. The summed E-state index contributed by atoms with van der Waals surface area (Å²) in [5.74, 6) is 1.57. The molecule has 1 saturated heterocycles. The molecule has 1 aromatic heterocycles. The van der Waals surface area contributed by atoms with Gasteiger partial charge in [0.15, 0.2) is 9.84 Å². The van der Waals surface area contributed by atoms with Crippen LogP contribution in [0.2, 0.25) is 0 Å². The maximum atomic E-state index is 12.6. The van der Waals surface area contributed by atoms with E-state index in [0.717, 1.165) is 5.75 Å². The third-order valence-electron chi connectivity index (χ3n) is 3.43. The Balaban J connectivity index is 2.30. The molecule has 6 nitrogen and oxygen atoms in total. The van der Waals surface area contributed by atoms with Gasteiger partial charge in [-0.25, -0.2) is 13.4 Å². The Morgan fingerprint density at radius 2 is 2.33 bits per heavy atom. The van der Waals surface area contributed by atoms with Gasteiger partial charge in [-0.15, -0.1) is 0 Å². The molecule has 0 saturated carbocycles. The number of rotatable bonds is 4. The molecule has 116 valence electrons. The summed E-state index contributed by atoms with van der Waals surface area (Å²) in [6.45, 7) is 2.06. The van der Waals surface area contributed by atoms with Crippen LogP contribution in [0.1, 0.15) is 17.3 Å². The van der Waals surface area contributed by atoms with Gasteiger partial charge in [0.2, 0.25) is 0 Å². The summed E-state index contributed by atoms with van der Waals surface area (Å²) in [6, 6.07) is 3.25. The average molecular weight is 329 g/mol. The highest BCUT2D eigenvalue weighted by molar-refractivity contribution is 8.01. The van der Waals surface area contributed by atoms with Gasteiger partial charge < -0.3 is 10.2 Å². The zero-order chi connectivity index (χ0) is 15.5. The number of thioether (sulfide) groups is 1. The predicted molar refractivity (Wildman–Crippen MR) is 85.4 cm³/mol. The Bertz CT molecular complexity index is 619. The summed E-state index contributed by atoms with van der Waals surface area (Å²) in [5.41, 5.74) is 0.456. The summed E-state index contributed by atoms with van der Waals surface area (Å²) in [4.78, 5) is 18.2. The van der Waals surface area contributed by atoms with E-state index in [0.29, 0.717) is 23.7 Å². The van der Waals surface area contributed by atoms with Gasteiger partial charge in [0, 0.05) is 42.6 Å². The highest BCUT2D eigenvalue weighted by atomic mass is 32.2. The van der Waals surface area contributed by atoms with E-state index < -0.39 is 15.2 Å². The van der Waals surface area contributed by atoms with E-state index in [1.807, 2.05) is 0 Å². The molecule has 0 spiro atoms. The number of amides is 1. The monoisotopic (exact) mass is 329 g/mol. The molecule has 1 unspecified atom stereocenters. The van der Waals surface area contributed by atoms with Crippen molar-refractivity contribution in [3.05, 3.63) is 23.9 Å². The number of hydrogen-bond acceptors (Lipinski definition) is 6. The molecule has 21 heavy (non-hydrogen) atoms. The van der Waals surface area contributed by atoms with E-state index in [9.17, 15) is 13.2 Å². The molecule has 1 atom stereocenters. The molecular weight excluding hydrogens is 310 g/mol. The number of hydrogen-bond donors (Lipinski definition) is 1. The fourth-order valence-electron chi connectivity index (χ4n) is 2.17. The van der Waals surface area contributed by atoms with Crippen LogP contribution in [0.25, 0.3) is 0 Å². The van der Waals surface area contributed by atoms with Crippen molar-refractivity contribution in [3.8, 4) is 0 Å². The van der Waals surface area contributed by atoms with Crippen LogP contribution in [-0.2, 0) is 9.84 Å². The first-order valence-electron chi connectivity index (χ1n) is 6.73. The van der Waals surface area contributed by atoms with Gasteiger partial charge in [-0.05, 0) is 12.1 Å². The lowest BCUT2D eigenvalue weighted by Crippen LogP contribution is -2.50. The van der Waals surface area contributed by atoms with Crippen LogP contribution >= 0.6 is 11.8 Å². The van der Waals surface area contributed by atoms with Crippen molar-refractivity contribution in [2.24, 2.45) is 0 Å². The van der Waals surface area contributed by atoms with Crippen molar-refractivity contribution < 1.29 is 13.2 Å². The van der Waals surface area contributed by atoms with Crippen molar-refractivity contribution in [3.63, 3.8) is 0 Å². The van der Waals surface area contributed by atoms with Crippen molar-refractivity contribution in [1.82, 2.24) is 9.88 Å². The molecule has 0 aromatic carbocycles. The van der Waals surface area contributed by atoms with Crippen LogP contribution in [0.4, 0.5) is 5.82 Å². The molecule has 1 aromatic rings. The Morgan fingerprint density at radius 3 is 3.00 bits per heavy atom. The second-order valence-electron chi connectivity index (χ2n) is 4.66. The van der Waals surface area contributed by atoms with Gasteiger partial charge in [0.1, 0.15) is 11.2 Å². The number of nitrogens with zero attached hydrogens (tertiary/aromatic N) is 2. The number of nitrogens with one attached hydrogen (secondary N) is 1. The lowest BCUT2D eigenvalue weighted by molar-refractivity contribution is 0.0749. The summed E-state index contributed by atoms with van der Waals surface area (Å²) in [7, 11) is -1.57. The molecule has 1 amide bonds. The molecule has 0 bridgehead atoms. The van der Waals surface area contributed by atoms with Gasteiger partial charge in [-0.3, -0.25) is 4.79 Å². The Hall–Kier alpha value is -1.28. The largest absolute Gasteiger partial charge is 0.373 e. The Labute approximate surface area is 129 Å². The SMILES string of the molecule is CCS(=O)(=O)C1CSCCN1C(=O)c1ccnc(NC)c1. The second kappa shape index (κ2) is 6.65. The number of carbonyl (C=O) groups is 1. The lowest BCUT2D eigenvalue weighted by Gasteiger charge is -2.34. The first-order valence-corrected chi connectivity index (χ1v) is 9.60. The van der Waals surface area contributed by atoms with Crippen LogP contribution in [0.15, 0.2) is 18.3 Å². The maximum Gasteiger partial charge on any atom is 0.255 e. The molecule has 8 heteroatoms. The van der Waals surface area contributed by atoms with Gasteiger partial charge in [-0.1, -0.05) is 6.92 Å². The van der Waals surface area contributed by atoms with E-state index in [1.165, 1.54) is 4.90 Å².